The standard InChI is InChI=1S/C21H35N3O5S/c1-15(2)19(20(27)23-21(4,5)6)24(13-14-25)18(26)11-12-22-30(28,29)17-9-7-16(3)8-10-17/h7-10,15,19,22,25H,11-14H2,1-6H3,(H,23,27). The first-order chi connectivity index (χ1) is 13.8. The molecule has 8 nitrogen and oxygen atoms in total. The highest BCUT2D eigenvalue weighted by atomic mass is 32.2. The van der Waals surface area contributed by atoms with Crippen molar-refractivity contribution in [2.45, 2.75) is 64.4 Å². The van der Waals surface area contributed by atoms with E-state index >= 15 is 0 Å². The highest BCUT2D eigenvalue weighted by Gasteiger charge is 2.33. The van der Waals surface area contributed by atoms with Gasteiger partial charge in [-0.2, -0.15) is 0 Å². The summed E-state index contributed by atoms with van der Waals surface area (Å²) in [5.41, 5.74) is 0.471. The van der Waals surface area contributed by atoms with Gasteiger partial charge in [-0.3, -0.25) is 9.59 Å². The summed E-state index contributed by atoms with van der Waals surface area (Å²) in [6.07, 6.45) is -0.128. The first kappa shape index (κ1) is 26.1. The molecule has 170 valence electrons. The van der Waals surface area contributed by atoms with Gasteiger partial charge in [-0.25, -0.2) is 13.1 Å². The Balaban J connectivity index is 2.87. The number of nitrogens with one attached hydrogen (secondary N) is 2. The summed E-state index contributed by atoms with van der Waals surface area (Å²) in [6.45, 7) is 10.6. The smallest absolute Gasteiger partial charge is 0.243 e. The van der Waals surface area contributed by atoms with E-state index in [1.807, 2.05) is 41.5 Å². The van der Waals surface area contributed by atoms with Crippen LogP contribution in [0.25, 0.3) is 0 Å². The maximum atomic E-state index is 12.8. The predicted octanol–water partition coefficient (Wildman–Crippen LogP) is 1.42. The Bertz CT molecular complexity index is 814. The van der Waals surface area contributed by atoms with Gasteiger partial charge in [-0.1, -0.05) is 31.5 Å². The number of sulfonamides is 1. The van der Waals surface area contributed by atoms with Crippen LogP contribution in [0.15, 0.2) is 29.2 Å². The van der Waals surface area contributed by atoms with Gasteiger partial charge in [0.15, 0.2) is 0 Å². The second kappa shape index (κ2) is 10.9. The molecule has 0 saturated carbocycles. The Labute approximate surface area is 180 Å². The van der Waals surface area contributed by atoms with Crippen LogP contribution in [0.3, 0.4) is 0 Å². The molecule has 1 unspecified atom stereocenters. The summed E-state index contributed by atoms with van der Waals surface area (Å²) in [5, 5.41) is 12.3. The molecule has 3 N–H and O–H groups in total. The molecule has 0 aliphatic carbocycles. The van der Waals surface area contributed by atoms with Crippen molar-refractivity contribution in [3.8, 4) is 0 Å². The lowest BCUT2D eigenvalue weighted by molar-refractivity contribution is -0.143. The van der Waals surface area contributed by atoms with E-state index in [4.69, 9.17) is 0 Å². The van der Waals surface area contributed by atoms with Crippen molar-refractivity contribution in [1.29, 1.82) is 0 Å². The highest BCUT2D eigenvalue weighted by molar-refractivity contribution is 7.89. The van der Waals surface area contributed by atoms with E-state index < -0.39 is 27.5 Å². The molecule has 1 rings (SSSR count). The number of aryl methyl sites for hydroxylation is 1. The van der Waals surface area contributed by atoms with Gasteiger partial charge in [0.1, 0.15) is 6.04 Å². The molecule has 1 atom stereocenters. The summed E-state index contributed by atoms with van der Waals surface area (Å²) in [5.74, 6) is -0.898. The Morgan fingerprint density at radius 1 is 1.13 bits per heavy atom. The van der Waals surface area contributed by atoms with Crippen LogP contribution in [0.5, 0.6) is 0 Å². The Morgan fingerprint density at radius 2 is 1.70 bits per heavy atom. The van der Waals surface area contributed by atoms with Crippen molar-refractivity contribution in [2.75, 3.05) is 19.7 Å². The monoisotopic (exact) mass is 441 g/mol. The molecule has 0 aliphatic rings. The normalized spacial score (nSPS) is 13.2. The fourth-order valence-corrected chi connectivity index (χ4v) is 4.04. The molecule has 0 aromatic heterocycles. The lowest BCUT2D eigenvalue weighted by Crippen LogP contribution is -2.56. The van der Waals surface area contributed by atoms with Gasteiger partial charge >= 0.3 is 0 Å². The first-order valence-corrected chi connectivity index (χ1v) is 11.6. The summed E-state index contributed by atoms with van der Waals surface area (Å²) >= 11 is 0. The van der Waals surface area contributed by atoms with Gasteiger partial charge in [0, 0.05) is 25.0 Å². The number of amides is 2. The molecule has 0 saturated heterocycles. The maximum Gasteiger partial charge on any atom is 0.243 e. The number of benzene rings is 1. The van der Waals surface area contributed by atoms with E-state index in [-0.39, 0.29) is 42.8 Å². The lowest BCUT2D eigenvalue weighted by atomic mass is 9.99. The fraction of sp³-hybridized carbons (Fsp3) is 0.619. The van der Waals surface area contributed by atoms with E-state index in [2.05, 4.69) is 10.0 Å². The number of aliphatic hydroxyl groups is 1. The van der Waals surface area contributed by atoms with Crippen molar-refractivity contribution in [3.63, 3.8) is 0 Å². The van der Waals surface area contributed by atoms with Gasteiger partial charge in [-0.05, 0) is 45.7 Å². The van der Waals surface area contributed by atoms with E-state index in [0.29, 0.717) is 0 Å². The molecule has 1 aromatic carbocycles. The summed E-state index contributed by atoms with van der Waals surface area (Å²) < 4.78 is 27.2. The van der Waals surface area contributed by atoms with Crippen molar-refractivity contribution in [3.05, 3.63) is 29.8 Å². The van der Waals surface area contributed by atoms with Crippen molar-refractivity contribution in [2.24, 2.45) is 5.92 Å². The summed E-state index contributed by atoms with van der Waals surface area (Å²) in [7, 11) is -3.74. The third-order valence-electron chi connectivity index (χ3n) is 4.36. The van der Waals surface area contributed by atoms with E-state index in [9.17, 15) is 23.1 Å². The molecule has 0 fully saturated rings. The van der Waals surface area contributed by atoms with Crippen LogP contribution in [-0.4, -0.2) is 61.5 Å². The average molecular weight is 442 g/mol. The molecule has 1 aromatic rings. The molecular formula is C21H35N3O5S. The second-order valence-electron chi connectivity index (χ2n) is 8.70. The van der Waals surface area contributed by atoms with Gasteiger partial charge < -0.3 is 15.3 Å². The first-order valence-electron chi connectivity index (χ1n) is 10.1. The van der Waals surface area contributed by atoms with Gasteiger partial charge in [-0.15, -0.1) is 0 Å². The number of carbonyl (C=O) groups is 2. The number of hydrogen-bond acceptors (Lipinski definition) is 5. The SMILES string of the molecule is Cc1ccc(S(=O)(=O)NCCC(=O)N(CCO)C(C(=O)NC(C)(C)C)C(C)C)cc1. The number of aliphatic hydroxyl groups excluding tert-OH is 1. The lowest BCUT2D eigenvalue weighted by Gasteiger charge is -2.35. The van der Waals surface area contributed by atoms with E-state index in [1.165, 1.54) is 17.0 Å². The van der Waals surface area contributed by atoms with Crippen LogP contribution < -0.4 is 10.0 Å². The van der Waals surface area contributed by atoms with Crippen LogP contribution >= 0.6 is 0 Å². The van der Waals surface area contributed by atoms with E-state index in [1.54, 1.807) is 12.1 Å². The minimum Gasteiger partial charge on any atom is -0.395 e. The molecule has 0 spiro atoms. The maximum absolute atomic E-state index is 12.8. The third kappa shape index (κ3) is 8.04. The molecule has 30 heavy (non-hydrogen) atoms. The second-order valence-corrected chi connectivity index (χ2v) is 10.5. The van der Waals surface area contributed by atoms with Crippen LogP contribution in [-0.2, 0) is 19.6 Å². The zero-order valence-corrected chi connectivity index (χ0v) is 19.5. The Kier molecular flexibility index (Phi) is 9.45. The Morgan fingerprint density at radius 3 is 2.17 bits per heavy atom. The molecule has 0 bridgehead atoms. The fourth-order valence-electron chi connectivity index (χ4n) is 3.01. The molecule has 0 radical (unpaired) electrons. The van der Waals surface area contributed by atoms with Crippen molar-refractivity contribution in [1.82, 2.24) is 14.9 Å². The molecule has 0 heterocycles. The van der Waals surface area contributed by atoms with Gasteiger partial charge in [0.2, 0.25) is 21.8 Å². The summed E-state index contributed by atoms with van der Waals surface area (Å²) in [4.78, 5) is 27.0. The summed E-state index contributed by atoms with van der Waals surface area (Å²) in [6, 6.07) is 5.64. The van der Waals surface area contributed by atoms with Crippen LogP contribution in [0.2, 0.25) is 0 Å². The molecule has 0 aliphatic heterocycles. The van der Waals surface area contributed by atoms with Crippen molar-refractivity contribution >= 4 is 21.8 Å². The van der Waals surface area contributed by atoms with Crippen LogP contribution in [0, 0.1) is 12.8 Å². The average Bonchev–Trinajstić information content (AvgIpc) is 2.59. The van der Waals surface area contributed by atoms with Gasteiger partial charge in [0.05, 0.1) is 11.5 Å². The minimum atomic E-state index is -3.74. The Hall–Kier alpha value is -1.97. The molecule has 9 heteroatoms. The topological polar surface area (TPSA) is 116 Å². The highest BCUT2D eigenvalue weighted by Crippen LogP contribution is 2.15. The van der Waals surface area contributed by atoms with Gasteiger partial charge in [0.25, 0.3) is 0 Å². The largest absolute Gasteiger partial charge is 0.395 e. The quantitative estimate of drug-likeness (QED) is 0.508. The number of rotatable bonds is 10. The molecule has 2 amide bonds. The number of nitrogens with zero attached hydrogens (tertiary/aromatic N) is 1. The number of carbonyl (C=O) groups excluding carboxylic acids is 2. The van der Waals surface area contributed by atoms with E-state index in [0.717, 1.165) is 5.56 Å². The zero-order valence-electron chi connectivity index (χ0n) is 18.7. The number of hydrogen-bond donors (Lipinski definition) is 3. The zero-order chi connectivity index (χ0) is 23.1. The third-order valence-corrected chi connectivity index (χ3v) is 5.83. The van der Waals surface area contributed by atoms with Crippen LogP contribution in [0.1, 0.15) is 46.6 Å². The predicted molar refractivity (Wildman–Crippen MR) is 116 cm³/mol. The minimum absolute atomic E-state index is 0.00997. The van der Waals surface area contributed by atoms with Crippen LogP contribution in [0.4, 0.5) is 0 Å². The molecular weight excluding hydrogens is 406 g/mol. The van der Waals surface area contributed by atoms with Crippen molar-refractivity contribution < 1.29 is 23.1 Å².